The lowest BCUT2D eigenvalue weighted by Gasteiger charge is -2.11. The fourth-order valence-corrected chi connectivity index (χ4v) is 3.54. The number of carbonyl (C=O) groups is 2. The average Bonchev–Trinajstić information content (AvgIpc) is 3.05. The number of anilines is 1. The maximum absolute atomic E-state index is 12.1. The van der Waals surface area contributed by atoms with E-state index in [2.05, 4.69) is 5.16 Å². The van der Waals surface area contributed by atoms with E-state index in [4.69, 9.17) is 16.1 Å². The number of amides is 1. The minimum atomic E-state index is -0.0689. The van der Waals surface area contributed by atoms with Crippen LogP contribution in [-0.2, 0) is 9.59 Å². The molecule has 7 heteroatoms. The molecular weight excluding hydrogens is 324 g/mol. The van der Waals surface area contributed by atoms with Gasteiger partial charge in [-0.15, -0.1) is 0 Å². The number of hydrogen-bond acceptors (Lipinski definition) is 5. The van der Waals surface area contributed by atoms with Crippen LogP contribution in [0.2, 0.25) is 5.02 Å². The van der Waals surface area contributed by atoms with E-state index < -0.39 is 0 Å². The van der Waals surface area contributed by atoms with E-state index in [1.165, 1.54) is 23.6 Å². The highest BCUT2D eigenvalue weighted by Crippen LogP contribution is 2.33. The SMILES string of the molecule is CC(=O)SC1CC(=O)N(c2cc(-c3ccccc3Cl)no2)C1. The second-order valence-corrected chi connectivity index (χ2v) is 6.85. The monoisotopic (exact) mass is 336 g/mol. The fourth-order valence-electron chi connectivity index (χ4n) is 2.39. The van der Waals surface area contributed by atoms with Crippen LogP contribution >= 0.6 is 23.4 Å². The summed E-state index contributed by atoms with van der Waals surface area (Å²) in [6.07, 6.45) is 0.326. The fraction of sp³-hybridized carbons (Fsp3) is 0.267. The van der Waals surface area contributed by atoms with E-state index in [-0.39, 0.29) is 16.3 Å². The smallest absolute Gasteiger partial charge is 0.234 e. The van der Waals surface area contributed by atoms with Gasteiger partial charge < -0.3 is 4.52 Å². The van der Waals surface area contributed by atoms with E-state index >= 15 is 0 Å². The van der Waals surface area contributed by atoms with E-state index in [1.54, 1.807) is 12.1 Å². The Kier molecular flexibility index (Phi) is 4.22. The molecule has 1 aromatic carbocycles. The number of aromatic nitrogens is 1. The third-order valence-corrected chi connectivity index (χ3v) is 4.65. The molecule has 1 aromatic heterocycles. The van der Waals surface area contributed by atoms with Gasteiger partial charge in [-0.2, -0.15) is 0 Å². The van der Waals surface area contributed by atoms with Gasteiger partial charge in [0.25, 0.3) is 0 Å². The van der Waals surface area contributed by atoms with Crippen LogP contribution in [0.1, 0.15) is 13.3 Å². The molecule has 2 heterocycles. The van der Waals surface area contributed by atoms with Gasteiger partial charge in [0.15, 0.2) is 5.12 Å². The summed E-state index contributed by atoms with van der Waals surface area (Å²) < 4.78 is 5.28. The van der Waals surface area contributed by atoms with Crippen molar-refractivity contribution in [1.29, 1.82) is 0 Å². The van der Waals surface area contributed by atoms with Crippen molar-refractivity contribution >= 4 is 40.3 Å². The van der Waals surface area contributed by atoms with E-state index in [1.807, 2.05) is 18.2 Å². The summed E-state index contributed by atoms with van der Waals surface area (Å²) in [5.74, 6) is 0.312. The Hall–Kier alpha value is -1.79. The van der Waals surface area contributed by atoms with Crippen molar-refractivity contribution in [3.05, 3.63) is 35.4 Å². The highest BCUT2D eigenvalue weighted by atomic mass is 35.5. The normalized spacial score (nSPS) is 18.0. The highest BCUT2D eigenvalue weighted by molar-refractivity contribution is 8.14. The Morgan fingerprint density at radius 1 is 1.45 bits per heavy atom. The largest absolute Gasteiger partial charge is 0.338 e. The van der Waals surface area contributed by atoms with Gasteiger partial charge >= 0.3 is 0 Å². The minimum absolute atomic E-state index is 0.00831. The van der Waals surface area contributed by atoms with Crippen molar-refractivity contribution in [1.82, 2.24) is 5.16 Å². The van der Waals surface area contributed by atoms with E-state index in [9.17, 15) is 9.59 Å². The van der Waals surface area contributed by atoms with Crippen molar-refractivity contribution in [2.45, 2.75) is 18.6 Å². The summed E-state index contributed by atoms with van der Waals surface area (Å²) in [7, 11) is 0. The molecule has 5 nitrogen and oxygen atoms in total. The molecule has 1 aliphatic heterocycles. The van der Waals surface area contributed by atoms with Gasteiger partial charge in [0.2, 0.25) is 11.8 Å². The van der Waals surface area contributed by atoms with Crippen molar-refractivity contribution in [3.63, 3.8) is 0 Å². The zero-order valence-electron chi connectivity index (χ0n) is 11.8. The second-order valence-electron chi connectivity index (χ2n) is 4.97. The minimum Gasteiger partial charge on any atom is -0.338 e. The molecule has 22 heavy (non-hydrogen) atoms. The number of thioether (sulfide) groups is 1. The van der Waals surface area contributed by atoms with Crippen LogP contribution in [0.4, 0.5) is 5.88 Å². The predicted octanol–water partition coefficient (Wildman–Crippen LogP) is 3.38. The summed E-state index contributed by atoms with van der Waals surface area (Å²) in [5.41, 5.74) is 1.33. The van der Waals surface area contributed by atoms with Gasteiger partial charge in [0.05, 0.1) is 5.02 Å². The first kappa shape index (κ1) is 15.1. The molecule has 1 aliphatic rings. The first-order valence-electron chi connectivity index (χ1n) is 6.74. The van der Waals surface area contributed by atoms with Crippen molar-refractivity contribution in [2.24, 2.45) is 0 Å². The lowest BCUT2D eigenvalue weighted by molar-refractivity contribution is -0.117. The van der Waals surface area contributed by atoms with Crippen LogP contribution < -0.4 is 4.90 Å². The lowest BCUT2D eigenvalue weighted by atomic mass is 10.1. The molecule has 2 aromatic rings. The Morgan fingerprint density at radius 2 is 2.23 bits per heavy atom. The summed E-state index contributed by atoms with van der Waals surface area (Å²) >= 11 is 7.32. The third-order valence-electron chi connectivity index (χ3n) is 3.34. The Labute approximate surface area is 136 Å². The first-order valence-corrected chi connectivity index (χ1v) is 7.99. The van der Waals surface area contributed by atoms with Gasteiger partial charge in [0.1, 0.15) is 5.69 Å². The van der Waals surface area contributed by atoms with Gasteiger partial charge in [-0.1, -0.05) is 46.7 Å². The molecule has 0 radical (unpaired) electrons. The average molecular weight is 337 g/mol. The zero-order chi connectivity index (χ0) is 15.7. The van der Waals surface area contributed by atoms with Crippen LogP contribution in [0.3, 0.4) is 0 Å². The molecule has 0 aliphatic carbocycles. The van der Waals surface area contributed by atoms with Crippen LogP contribution in [0.15, 0.2) is 34.9 Å². The maximum Gasteiger partial charge on any atom is 0.234 e. The van der Waals surface area contributed by atoms with Crippen LogP contribution in [0.5, 0.6) is 0 Å². The quantitative estimate of drug-likeness (QED) is 0.859. The molecule has 0 spiro atoms. The number of nitrogens with zero attached hydrogens (tertiary/aromatic N) is 2. The van der Waals surface area contributed by atoms with E-state index in [0.717, 1.165) is 5.56 Å². The summed E-state index contributed by atoms with van der Waals surface area (Å²) in [5, 5.41) is 4.52. The first-order chi connectivity index (χ1) is 10.5. The summed E-state index contributed by atoms with van der Waals surface area (Å²) in [6.45, 7) is 1.95. The molecule has 0 bridgehead atoms. The molecule has 1 atom stereocenters. The van der Waals surface area contributed by atoms with Gasteiger partial charge in [-0.3, -0.25) is 14.5 Å². The molecule has 0 N–H and O–H groups in total. The Morgan fingerprint density at radius 3 is 2.95 bits per heavy atom. The van der Waals surface area contributed by atoms with Crippen molar-refractivity contribution in [3.8, 4) is 11.3 Å². The third kappa shape index (κ3) is 3.03. The van der Waals surface area contributed by atoms with E-state index in [0.29, 0.717) is 29.6 Å². The second kappa shape index (κ2) is 6.14. The van der Waals surface area contributed by atoms with Crippen LogP contribution in [0, 0.1) is 0 Å². The molecule has 114 valence electrons. The van der Waals surface area contributed by atoms with Gasteiger partial charge in [-0.25, -0.2) is 0 Å². The molecule has 1 unspecified atom stereocenters. The molecule has 0 saturated carbocycles. The predicted molar refractivity (Wildman–Crippen MR) is 86.0 cm³/mol. The maximum atomic E-state index is 12.1. The number of benzene rings is 1. The number of carbonyl (C=O) groups excluding carboxylic acids is 2. The standard InChI is InChI=1S/C15H13ClN2O3S/c1-9(19)22-10-6-14(20)18(8-10)15-7-13(17-21-15)11-4-2-3-5-12(11)16/h2-5,7,10H,6,8H2,1H3. The van der Waals surface area contributed by atoms with Gasteiger partial charge in [0, 0.05) is 36.8 Å². The zero-order valence-corrected chi connectivity index (χ0v) is 13.4. The molecule has 1 fully saturated rings. The molecule has 3 rings (SSSR count). The summed E-state index contributed by atoms with van der Waals surface area (Å²) in [6, 6.07) is 8.99. The van der Waals surface area contributed by atoms with Gasteiger partial charge in [-0.05, 0) is 6.07 Å². The molecule has 1 saturated heterocycles. The van der Waals surface area contributed by atoms with Crippen molar-refractivity contribution in [2.75, 3.05) is 11.4 Å². The number of rotatable bonds is 3. The number of halogens is 1. The van der Waals surface area contributed by atoms with Crippen LogP contribution in [-0.4, -0.2) is 28.0 Å². The number of hydrogen-bond donors (Lipinski definition) is 0. The topological polar surface area (TPSA) is 63.4 Å². The lowest BCUT2D eigenvalue weighted by Crippen LogP contribution is -2.24. The van der Waals surface area contributed by atoms with Crippen LogP contribution in [0.25, 0.3) is 11.3 Å². The molecule has 1 amide bonds. The van der Waals surface area contributed by atoms with Crippen molar-refractivity contribution < 1.29 is 14.1 Å². The Bertz CT molecular complexity index is 731. The molecular formula is C15H13ClN2O3S. The Balaban J connectivity index is 1.81. The highest BCUT2D eigenvalue weighted by Gasteiger charge is 2.34. The summed E-state index contributed by atoms with van der Waals surface area (Å²) in [4.78, 5) is 24.7.